The van der Waals surface area contributed by atoms with Crippen LogP contribution < -0.4 is 21.7 Å². The third kappa shape index (κ3) is 6.22. The normalized spacial score (nSPS) is 16.8. The second-order valence-corrected chi connectivity index (χ2v) is 10.6. The van der Waals surface area contributed by atoms with E-state index >= 15 is 0 Å². The molecule has 0 bridgehead atoms. The molecule has 10 heteroatoms. The number of rotatable bonds is 11. The number of nitrogens with zero attached hydrogens (tertiary/aromatic N) is 1. The molecule has 3 amide bonds. The zero-order chi connectivity index (χ0) is 28.8. The molecule has 0 unspecified atom stereocenters. The predicted octanol–water partition coefficient (Wildman–Crippen LogP) is 1.86. The van der Waals surface area contributed by atoms with E-state index in [4.69, 9.17) is 5.73 Å². The van der Waals surface area contributed by atoms with E-state index in [1.165, 1.54) is 0 Å². The largest absolute Gasteiger partial charge is 0.384 e. The first kappa shape index (κ1) is 28.9. The standard InChI is InChI=1S/C30H37N5O5/c1-18(2)16-23(34-25(36)17-31)30(40)35-15-6-12-24(35)29(39)33-14-7-13-32-22-11-5-10-21-26(22)28(38)20-9-4-3-8-19(20)27(21)37/h3-5,8-11,18,23-24,32H,6-7,12-17,31H2,1-2H3,(H,33,39)(H,34,36)/t23-,24-/m0/s1. The molecule has 0 spiro atoms. The maximum atomic E-state index is 13.3. The molecular formula is C30H37N5O5. The molecule has 2 atom stereocenters. The lowest BCUT2D eigenvalue weighted by Crippen LogP contribution is -2.54. The molecule has 0 radical (unpaired) electrons. The third-order valence-electron chi connectivity index (χ3n) is 7.29. The summed E-state index contributed by atoms with van der Waals surface area (Å²) in [4.78, 5) is 65.8. The SMILES string of the molecule is CC(C)C[C@H](NC(=O)CN)C(=O)N1CCC[C@H]1C(=O)NCCCNc1cccc2c1C(=O)c1ccccc1C2=O. The van der Waals surface area contributed by atoms with Crippen LogP contribution in [0.1, 0.15) is 71.4 Å². The molecule has 1 fully saturated rings. The van der Waals surface area contributed by atoms with E-state index in [0.717, 1.165) is 0 Å². The highest BCUT2D eigenvalue weighted by atomic mass is 16.2. The summed E-state index contributed by atoms with van der Waals surface area (Å²) < 4.78 is 0. The van der Waals surface area contributed by atoms with Crippen molar-refractivity contribution < 1.29 is 24.0 Å². The van der Waals surface area contributed by atoms with Crippen molar-refractivity contribution in [3.63, 3.8) is 0 Å². The van der Waals surface area contributed by atoms with Gasteiger partial charge in [0.15, 0.2) is 11.6 Å². The molecule has 10 nitrogen and oxygen atoms in total. The number of benzene rings is 2. The number of anilines is 1. The third-order valence-corrected chi connectivity index (χ3v) is 7.29. The number of carbonyl (C=O) groups excluding carboxylic acids is 5. The molecule has 2 aliphatic rings. The molecule has 0 saturated carbocycles. The first-order chi connectivity index (χ1) is 19.2. The molecule has 1 aliphatic carbocycles. The Hall–Kier alpha value is -4.05. The number of nitrogens with two attached hydrogens (primary N) is 1. The summed E-state index contributed by atoms with van der Waals surface area (Å²) in [5.74, 6) is -1.08. The van der Waals surface area contributed by atoms with Crippen LogP contribution in [0, 0.1) is 5.92 Å². The van der Waals surface area contributed by atoms with E-state index < -0.39 is 18.0 Å². The summed E-state index contributed by atoms with van der Waals surface area (Å²) in [5.41, 5.74) is 7.57. The fraction of sp³-hybridized carbons (Fsp3) is 0.433. The second kappa shape index (κ2) is 12.9. The Bertz CT molecular complexity index is 1310. The van der Waals surface area contributed by atoms with Crippen LogP contribution in [0.3, 0.4) is 0 Å². The van der Waals surface area contributed by atoms with Crippen molar-refractivity contribution in [2.75, 3.05) is 31.5 Å². The summed E-state index contributed by atoms with van der Waals surface area (Å²) in [6.07, 6.45) is 2.30. The predicted molar refractivity (Wildman–Crippen MR) is 151 cm³/mol. The van der Waals surface area contributed by atoms with Crippen molar-refractivity contribution >= 4 is 35.0 Å². The maximum absolute atomic E-state index is 13.3. The second-order valence-electron chi connectivity index (χ2n) is 10.6. The van der Waals surface area contributed by atoms with E-state index in [-0.39, 0.29) is 35.8 Å². The first-order valence-electron chi connectivity index (χ1n) is 13.9. The lowest BCUT2D eigenvalue weighted by Gasteiger charge is -2.29. The van der Waals surface area contributed by atoms with Crippen LogP contribution in [0.5, 0.6) is 0 Å². The number of carbonyl (C=O) groups is 5. The van der Waals surface area contributed by atoms with Gasteiger partial charge < -0.3 is 26.6 Å². The Labute approximate surface area is 234 Å². The minimum absolute atomic E-state index is 0.171. The van der Waals surface area contributed by atoms with Gasteiger partial charge in [0.2, 0.25) is 17.7 Å². The van der Waals surface area contributed by atoms with Crippen molar-refractivity contribution in [1.29, 1.82) is 0 Å². The number of likely N-dealkylation sites (tertiary alicyclic amines) is 1. The molecule has 2 aromatic carbocycles. The number of hydrogen-bond donors (Lipinski definition) is 4. The summed E-state index contributed by atoms with van der Waals surface area (Å²) >= 11 is 0. The van der Waals surface area contributed by atoms with E-state index in [9.17, 15) is 24.0 Å². The lowest BCUT2D eigenvalue weighted by atomic mass is 9.83. The van der Waals surface area contributed by atoms with E-state index in [1.54, 1.807) is 47.4 Å². The Morgan fingerprint density at radius 1 is 0.975 bits per heavy atom. The molecular weight excluding hydrogens is 510 g/mol. The number of fused-ring (bicyclic) bond motifs is 2. The van der Waals surface area contributed by atoms with Crippen LogP contribution in [0.4, 0.5) is 5.69 Å². The number of hydrogen-bond acceptors (Lipinski definition) is 7. The molecule has 4 rings (SSSR count). The van der Waals surface area contributed by atoms with Gasteiger partial charge >= 0.3 is 0 Å². The Morgan fingerprint density at radius 2 is 1.68 bits per heavy atom. The summed E-state index contributed by atoms with van der Waals surface area (Å²) in [6, 6.07) is 10.7. The fourth-order valence-electron chi connectivity index (χ4n) is 5.38. The molecule has 1 aliphatic heterocycles. The van der Waals surface area contributed by atoms with Crippen molar-refractivity contribution in [3.05, 3.63) is 64.7 Å². The molecule has 2 aromatic rings. The monoisotopic (exact) mass is 547 g/mol. The van der Waals surface area contributed by atoms with Crippen molar-refractivity contribution in [2.45, 2.75) is 51.6 Å². The average molecular weight is 548 g/mol. The van der Waals surface area contributed by atoms with Crippen LogP contribution in [0.2, 0.25) is 0 Å². The van der Waals surface area contributed by atoms with Crippen LogP contribution in [-0.4, -0.2) is 72.5 Å². The summed E-state index contributed by atoms with van der Waals surface area (Å²) in [6.45, 7) is 5.02. The lowest BCUT2D eigenvalue weighted by molar-refractivity contribution is -0.141. The van der Waals surface area contributed by atoms with Gasteiger partial charge in [0.25, 0.3) is 0 Å². The van der Waals surface area contributed by atoms with Crippen LogP contribution >= 0.6 is 0 Å². The molecule has 1 heterocycles. The zero-order valence-corrected chi connectivity index (χ0v) is 23.0. The van der Waals surface area contributed by atoms with Gasteiger partial charge in [-0.1, -0.05) is 50.2 Å². The number of nitrogens with one attached hydrogen (secondary N) is 3. The minimum atomic E-state index is -0.716. The zero-order valence-electron chi connectivity index (χ0n) is 23.0. The minimum Gasteiger partial charge on any atom is -0.384 e. The molecule has 40 heavy (non-hydrogen) atoms. The Kier molecular flexibility index (Phi) is 9.31. The highest BCUT2D eigenvalue weighted by Crippen LogP contribution is 2.31. The smallest absolute Gasteiger partial charge is 0.245 e. The molecule has 1 saturated heterocycles. The molecule has 212 valence electrons. The van der Waals surface area contributed by atoms with Crippen molar-refractivity contribution in [3.8, 4) is 0 Å². The van der Waals surface area contributed by atoms with E-state index in [1.807, 2.05) is 13.8 Å². The van der Waals surface area contributed by atoms with E-state index in [0.29, 0.717) is 73.3 Å². The maximum Gasteiger partial charge on any atom is 0.245 e. The summed E-state index contributed by atoms with van der Waals surface area (Å²) in [5, 5.41) is 8.86. The van der Waals surface area contributed by atoms with Gasteiger partial charge in [-0.25, -0.2) is 0 Å². The van der Waals surface area contributed by atoms with Gasteiger partial charge in [0, 0.05) is 42.0 Å². The van der Waals surface area contributed by atoms with Gasteiger partial charge in [-0.15, -0.1) is 0 Å². The van der Waals surface area contributed by atoms with Crippen LogP contribution in [-0.2, 0) is 14.4 Å². The van der Waals surface area contributed by atoms with Crippen molar-refractivity contribution in [2.24, 2.45) is 11.7 Å². The van der Waals surface area contributed by atoms with Crippen molar-refractivity contribution in [1.82, 2.24) is 15.5 Å². The number of amides is 3. The first-order valence-corrected chi connectivity index (χ1v) is 13.9. The summed E-state index contributed by atoms with van der Waals surface area (Å²) in [7, 11) is 0. The van der Waals surface area contributed by atoms with Crippen LogP contribution in [0.25, 0.3) is 0 Å². The Balaban J connectivity index is 1.31. The highest BCUT2D eigenvalue weighted by molar-refractivity contribution is 6.30. The van der Waals surface area contributed by atoms with Gasteiger partial charge in [-0.3, -0.25) is 24.0 Å². The van der Waals surface area contributed by atoms with E-state index in [2.05, 4.69) is 16.0 Å². The average Bonchev–Trinajstić information content (AvgIpc) is 3.44. The van der Waals surface area contributed by atoms with Gasteiger partial charge in [0.05, 0.1) is 12.1 Å². The van der Waals surface area contributed by atoms with Gasteiger partial charge in [0.1, 0.15) is 12.1 Å². The van der Waals surface area contributed by atoms with Crippen LogP contribution in [0.15, 0.2) is 42.5 Å². The Morgan fingerprint density at radius 3 is 2.38 bits per heavy atom. The van der Waals surface area contributed by atoms with Gasteiger partial charge in [-0.2, -0.15) is 0 Å². The molecule has 0 aromatic heterocycles. The number of ketones is 2. The quantitative estimate of drug-likeness (QED) is 0.268. The highest BCUT2D eigenvalue weighted by Gasteiger charge is 2.37. The fourth-order valence-corrected chi connectivity index (χ4v) is 5.38. The molecule has 5 N–H and O–H groups in total. The van der Waals surface area contributed by atoms with Gasteiger partial charge in [-0.05, 0) is 37.7 Å². The topological polar surface area (TPSA) is 151 Å².